The van der Waals surface area contributed by atoms with Gasteiger partial charge < -0.3 is 9.84 Å². The molecule has 39 heavy (non-hydrogen) atoms. The first kappa shape index (κ1) is 26.7. The molecule has 0 bridgehead atoms. The van der Waals surface area contributed by atoms with Crippen molar-refractivity contribution in [2.75, 3.05) is 0 Å². The summed E-state index contributed by atoms with van der Waals surface area (Å²) in [5.41, 5.74) is -0.587. The van der Waals surface area contributed by atoms with Crippen LogP contribution in [0.15, 0.2) is 58.5 Å². The monoisotopic (exact) mass is 554 g/mol. The standard InChI is InChI=1S/C28H25ClF2N4O4/c1-15-12-33-24(34-8-4-5-19(26(34)36)28(3,38)17-6-7-17)11-22(15)35-16(2)9-23(25(29)27(35)37)39-14-21-20(31)10-18(30)13-32-21/h4-5,8-13,17,38H,6-7,14H2,1-3H3/t28-/m1/s1. The normalized spacial score (nSPS) is 14.7. The zero-order valence-electron chi connectivity index (χ0n) is 21.4. The Hall–Kier alpha value is -3.89. The third-order valence-corrected chi connectivity index (χ3v) is 7.31. The van der Waals surface area contributed by atoms with E-state index in [1.165, 1.54) is 21.4 Å². The average molecular weight is 555 g/mol. The van der Waals surface area contributed by atoms with Crippen molar-refractivity contribution in [1.82, 2.24) is 19.1 Å². The van der Waals surface area contributed by atoms with Crippen molar-refractivity contribution in [3.8, 4) is 17.3 Å². The molecule has 4 heterocycles. The van der Waals surface area contributed by atoms with E-state index >= 15 is 0 Å². The van der Waals surface area contributed by atoms with Crippen molar-refractivity contribution < 1.29 is 18.6 Å². The molecule has 1 fully saturated rings. The molecule has 0 unspecified atom stereocenters. The van der Waals surface area contributed by atoms with E-state index < -0.39 is 28.4 Å². The van der Waals surface area contributed by atoms with Gasteiger partial charge in [0.2, 0.25) is 0 Å². The lowest BCUT2D eigenvalue weighted by Crippen LogP contribution is -2.34. The molecule has 1 aliphatic carbocycles. The number of aryl methyl sites for hydroxylation is 2. The molecule has 1 aliphatic rings. The minimum atomic E-state index is -1.25. The maximum absolute atomic E-state index is 14.0. The second kappa shape index (κ2) is 10.0. The van der Waals surface area contributed by atoms with Crippen LogP contribution in [0.3, 0.4) is 0 Å². The third-order valence-electron chi connectivity index (χ3n) is 6.96. The van der Waals surface area contributed by atoms with E-state index in [0.29, 0.717) is 23.0 Å². The molecule has 1 saturated carbocycles. The van der Waals surface area contributed by atoms with Crippen LogP contribution in [0.25, 0.3) is 11.5 Å². The van der Waals surface area contributed by atoms with Gasteiger partial charge in [0.25, 0.3) is 11.1 Å². The highest BCUT2D eigenvalue weighted by Gasteiger charge is 2.43. The zero-order valence-corrected chi connectivity index (χ0v) is 22.2. The highest BCUT2D eigenvalue weighted by Crippen LogP contribution is 2.44. The molecule has 5 rings (SSSR count). The topological polar surface area (TPSA) is 99.2 Å². The Bertz CT molecular complexity index is 1710. The Morgan fingerprint density at radius 2 is 1.87 bits per heavy atom. The Morgan fingerprint density at radius 3 is 2.56 bits per heavy atom. The fraction of sp³-hybridized carbons (Fsp3) is 0.286. The van der Waals surface area contributed by atoms with Crippen LogP contribution in [0.1, 0.15) is 42.3 Å². The molecule has 11 heteroatoms. The number of nitrogens with zero attached hydrogens (tertiary/aromatic N) is 4. The molecule has 202 valence electrons. The molecular formula is C28H25ClF2N4O4. The molecule has 4 aromatic rings. The van der Waals surface area contributed by atoms with Crippen LogP contribution < -0.4 is 15.9 Å². The second-order valence-electron chi connectivity index (χ2n) is 9.82. The highest BCUT2D eigenvalue weighted by atomic mass is 35.5. The minimum absolute atomic E-state index is 0.0131. The molecule has 0 aromatic carbocycles. The number of aliphatic hydroxyl groups is 1. The van der Waals surface area contributed by atoms with E-state index in [4.69, 9.17) is 16.3 Å². The summed E-state index contributed by atoms with van der Waals surface area (Å²) in [4.78, 5) is 34.8. The van der Waals surface area contributed by atoms with E-state index in [0.717, 1.165) is 19.0 Å². The fourth-order valence-electron chi connectivity index (χ4n) is 4.58. The van der Waals surface area contributed by atoms with Gasteiger partial charge in [-0.15, -0.1) is 0 Å². The van der Waals surface area contributed by atoms with Crippen molar-refractivity contribution in [2.45, 2.75) is 45.8 Å². The average Bonchev–Trinajstić information content (AvgIpc) is 3.74. The first-order chi connectivity index (χ1) is 18.5. The predicted octanol–water partition coefficient (Wildman–Crippen LogP) is 4.52. The summed E-state index contributed by atoms with van der Waals surface area (Å²) in [5.74, 6) is -1.40. The van der Waals surface area contributed by atoms with E-state index in [1.54, 1.807) is 45.2 Å². The number of pyridine rings is 4. The Labute approximate surface area is 227 Å². The van der Waals surface area contributed by atoms with E-state index in [9.17, 15) is 23.5 Å². The molecule has 0 amide bonds. The van der Waals surface area contributed by atoms with Gasteiger partial charge in [0, 0.05) is 41.9 Å². The van der Waals surface area contributed by atoms with Crippen LogP contribution in [-0.4, -0.2) is 24.2 Å². The van der Waals surface area contributed by atoms with Gasteiger partial charge in [-0.05, 0) is 57.2 Å². The van der Waals surface area contributed by atoms with Crippen molar-refractivity contribution in [1.29, 1.82) is 0 Å². The summed E-state index contributed by atoms with van der Waals surface area (Å²) < 4.78 is 35.3. The number of rotatable bonds is 7. The molecule has 1 N–H and O–H groups in total. The highest BCUT2D eigenvalue weighted by molar-refractivity contribution is 6.31. The molecule has 1 atom stereocenters. The van der Waals surface area contributed by atoms with Gasteiger partial charge in [-0.1, -0.05) is 11.6 Å². The molecule has 0 aliphatic heterocycles. The molecular weight excluding hydrogens is 530 g/mol. The maximum Gasteiger partial charge on any atom is 0.277 e. The molecule has 4 aromatic heterocycles. The zero-order chi connectivity index (χ0) is 28.1. The summed E-state index contributed by atoms with van der Waals surface area (Å²) in [6, 6.07) is 7.09. The van der Waals surface area contributed by atoms with Crippen LogP contribution in [0.4, 0.5) is 8.78 Å². The number of halogens is 3. The summed E-state index contributed by atoms with van der Waals surface area (Å²) >= 11 is 6.36. The number of hydrogen-bond acceptors (Lipinski definition) is 6. The van der Waals surface area contributed by atoms with E-state index in [2.05, 4.69) is 9.97 Å². The predicted molar refractivity (Wildman–Crippen MR) is 141 cm³/mol. The quantitative estimate of drug-likeness (QED) is 0.360. The van der Waals surface area contributed by atoms with Crippen LogP contribution in [-0.2, 0) is 12.2 Å². The second-order valence-corrected chi connectivity index (χ2v) is 10.2. The lowest BCUT2D eigenvalue weighted by molar-refractivity contribution is 0.0314. The Morgan fingerprint density at radius 1 is 1.13 bits per heavy atom. The number of ether oxygens (including phenoxy) is 1. The van der Waals surface area contributed by atoms with Crippen LogP contribution >= 0.6 is 11.6 Å². The van der Waals surface area contributed by atoms with Gasteiger partial charge in [0.1, 0.15) is 34.7 Å². The van der Waals surface area contributed by atoms with Crippen molar-refractivity contribution in [3.63, 3.8) is 0 Å². The van der Waals surface area contributed by atoms with Crippen LogP contribution in [0.5, 0.6) is 5.75 Å². The summed E-state index contributed by atoms with van der Waals surface area (Å²) in [5, 5.41) is 10.7. The lowest BCUT2D eigenvalue weighted by Gasteiger charge is -2.23. The third kappa shape index (κ3) is 4.97. The largest absolute Gasteiger partial charge is 0.485 e. The van der Waals surface area contributed by atoms with Gasteiger partial charge in [0.05, 0.1) is 17.5 Å². The fourth-order valence-corrected chi connectivity index (χ4v) is 4.77. The van der Waals surface area contributed by atoms with Crippen molar-refractivity contribution in [3.05, 3.63) is 109 Å². The first-order valence-electron chi connectivity index (χ1n) is 12.3. The van der Waals surface area contributed by atoms with Crippen LogP contribution in [0, 0.1) is 31.4 Å². The summed E-state index contributed by atoms with van der Waals surface area (Å²) in [7, 11) is 0. The van der Waals surface area contributed by atoms with Gasteiger partial charge in [-0.25, -0.2) is 13.8 Å². The molecule has 0 saturated heterocycles. The van der Waals surface area contributed by atoms with Gasteiger partial charge in [-0.3, -0.25) is 23.7 Å². The van der Waals surface area contributed by atoms with E-state index in [1.807, 2.05) is 0 Å². The van der Waals surface area contributed by atoms with Crippen LogP contribution in [0.2, 0.25) is 5.02 Å². The molecule has 8 nitrogen and oxygen atoms in total. The Balaban J connectivity index is 1.52. The summed E-state index contributed by atoms with van der Waals surface area (Å²) in [6.07, 6.45) is 5.66. The van der Waals surface area contributed by atoms with Gasteiger partial charge in [-0.2, -0.15) is 0 Å². The number of aromatic nitrogens is 4. The first-order valence-corrected chi connectivity index (χ1v) is 12.6. The SMILES string of the molecule is Cc1cnc(-n2cccc([C@](C)(O)C3CC3)c2=O)cc1-n1c(C)cc(OCc2ncc(F)cc2F)c(Cl)c1=O. The Kier molecular flexibility index (Phi) is 6.86. The van der Waals surface area contributed by atoms with Crippen molar-refractivity contribution in [2.24, 2.45) is 5.92 Å². The molecule has 0 radical (unpaired) electrons. The van der Waals surface area contributed by atoms with Gasteiger partial charge in [0.15, 0.2) is 5.82 Å². The molecule has 0 spiro atoms. The smallest absolute Gasteiger partial charge is 0.277 e. The minimum Gasteiger partial charge on any atom is -0.485 e. The van der Waals surface area contributed by atoms with Crippen molar-refractivity contribution >= 4 is 11.6 Å². The van der Waals surface area contributed by atoms with Gasteiger partial charge >= 0.3 is 0 Å². The van der Waals surface area contributed by atoms with E-state index in [-0.39, 0.29) is 40.4 Å². The number of hydrogen-bond donors (Lipinski definition) is 1. The summed E-state index contributed by atoms with van der Waals surface area (Å²) in [6.45, 7) is 4.71. The maximum atomic E-state index is 14.0. The lowest BCUT2D eigenvalue weighted by atomic mass is 9.92.